The highest BCUT2D eigenvalue weighted by Crippen LogP contribution is 2.44. The molecule has 15 heteroatoms. The lowest BCUT2D eigenvalue weighted by Crippen LogP contribution is -2.53. The average Bonchev–Trinajstić information content (AvgIpc) is 4.12. The lowest BCUT2D eigenvalue weighted by Gasteiger charge is -2.33. The van der Waals surface area contributed by atoms with Crippen LogP contribution < -0.4 is 15.4 Å². The van der Waals surface area contributed by atoms with Crippen molar-refractivity contribution < 1.29 is 33.4 Å². The van der Waals surface area contributed by atoms with E-state index in [1.165, 1.54) is 14.2 Å². The van der Waals surface area contributed by atoms with E-state index in [2.05, 4.69) is 83.8 Å². The standard InChI is InChI=1S/C48H60N8O7/c1-9-25(3)35(22-50-47(59)61-7)45(57)55-27(5)12-18-39(55)44-51-36-16-14-29-20-34-32-15-13-30(19-31(32)24-63-40(34)21-33(29)42(36)53-44)37-23-49-43(52-37)38-17-11-28(6)56(38)46(58)41(26(4)10-2)54-48(60)62-8/h13-16,19-21,23,25-28,35,38-39,41H,9-12,17-18,22,24H2,1-8H3,(H,49,52)(H,50,59)(H,51,53)(H,54,60)/t25-,26-,27-,28-,35?,38-,39-,41?/m0/s1. The number of alkyl carbamates (subject to hydrolysis) is 2. The number of ether oxygens (including phenoxy) is 3. The van der Waals surface area contributed by atoms with Crippen molar-refractivity contribution in [1.29, 1.82) is 0 Å². The van der Waals surface area contributed by atoms with Gasteiger partial charge in [0.15, 0.2) is 0 Å². The monoisotopic (exact) mass is 860 g/mol. The molecule has 3 aromatic carbocycles. The summed E-state index contributed by atoms with van der Waals surface area (Å²) in [7, 11) is 2.63. The largest absolute Gasteiger partial charge is 0.488 e. The molecule has 3 aliphatic heterocycles. The summed E-state index contributed by atoms with van der Waals surface area (Å²) in [5.74, 6) is 1.73. The molecule has 0 radical (unpaired) electrons. The molecule has 334 valence electrons. The van der Waals surface area contributed by atoms with Gasteiger partial charge >= 0.3 is 12.2 Å². The van der Waals surface area contributed by atoms with Crippen molar-refractivity contribution in [2.24, 2.45) is 17.8 Å². The zero-order valence-electron chi connectivity index (χ0n) is 37.5. The van der Waals surface area contributed by atoms with Crippen molar-refractivity contribution in [3.8, 4) is 28.1 Å². The minimum absolute atomic E-state index is 0.0146. The smallest absolute Gasteiger partial charge is 0.407 e. The number of methoxy groups -OCH3 is 2. The van der Waals surface area contributed by atoms with Crippen molar-refractivity contribution in [2.45, 2.75) is 117 Å². The molecule has 2 saturated heterocycles. The second-order valence-corrected chi connectivity index (χ2v) is 17.7. The first-order valence-corrected chi connectivity index (χ1v) is 22.4. The van der Waals surface area contributed by atoms with E-state index in [0.29, 0.717) is 12.4 Å². The number of rotatable bonds is 12. The topological polar surface area (TPSA) is 184 Å². The van der Waals surface area contributed by atoms with Crippen LogP contribution in [-0.2, 0) is 25.7 Å². The number of aromatic amines is 2. The fourth-order valence-corrected chi connectivity index (χ4v) is 9.83. The number of benzene rings is 3. The van der Waals surface area contributed by atoms with Gasteiger partial charge in [-0.25, -0.2) is 19.6 Å². The van der Waals surface area contributed by atoms with Gasteiger partial charge in [-0.1, -0.05) is 58.7 Å². The van der Waals surface area contributed by atoms with E-state index in [1.54, 1.807) is 0 Å². The van der Waals surface area contributed by atoms with Gasteiger partial charge < -0.3 is 44.6 Å². The first-order valence-electron chi connectivity index (χ1n) is 22.4. The lowest BCUT2D eigenvalue weighted by molar-refractivity contribution is -0.140. The van der Waals surface area contributed by atoms with E-state index in [-0.39, 0.29) is 54.4 Å². The molecule has 15 nitrogen and oxygen atoms in total. The molecule has 0 aliphatic carbocycles. The van der Waals surface area contributed by atoms with E-state index in [4.69, 9.17) is 24.2 Å². The van der Waals surface area contributed by atoms with Crippen LogP contribution in [0.1, 0.15) is 109 Å². The zero-order valence-corrected chi connectivity index (χ0v) is 37.5. The molecule has 0 bridgehead atoms. The molecule has 5 heterocycles. The van der Waals surface area contributed by atoms with Crippen LogP contribution in [0.5, 0.6) is 5.75 Å². The number of fused-ring (bicyclic) bond motifs is 6. The number of nitrogens with zero attached hydrogens (tertiary/aromatic N) is 4. The highest BCUT2D eigenvalue weighted by atomic mass is 16.5. The Hall–Kier alpha value is -6.12. The number of imidazole rings is 2. The molecule has 63 heavy (non-hydrogen) atoms. The highest BCUT2D eigenvalue weighted by Gasteiger charge is 2.43. The third-order valence-electron chi connectivity index (χ3n) is 14.0. The molecule has 0 saturated carbocycles. The summed E-state index contributed by atoms with van der Waals surface area (Å²) in [6.07, 6.45) is 5.40. The number of hydrogen-bond acceptors (Lipinski definition) is 9. The van der Waals surface area contributed by atoms with Crippen LogP contribution in [0, 0.1) is 17.8 Å². The SMILES string of the molecule is CC[C@H](C)C(CNC(=O)OC)C(=O)N1[C@@H](C)CC[C@H]1c1nc2c(ccc3cc4c(cc32)OCc2cc(-c3cnc([C@@H]5CC[C@H](C)N5C(=O)C(NC(=O)OC)[C@@H](C)CC)[nH]3)ccc2-4)[nH]1. The van der Waals surface area contributed by atoms with Crippen LogP contribution in [0.15, 0.2) is 48.7 Å². The number of hydrogen-bond donors (Lipinski definition) is 4. The molecule has 2 fully saturated rings. The number of amides is 4. The molecular formula is C48H60N8O7. The number of nitrogens with one attached hydrogen (secondary N) is 4. The summed E-state index contributed by atoms with van der Waals surface area (Å²) in [6.45, 7) is 12.8. The number of carbonyl (C=O) groups is 4. The maximum absolute atomic E-state index is 14.3. The second-order valence-electron chi connectivity index (χ2n) is 17.7. The van der Waals surface area contributed by atoms with Gasteiger partial charge in [-0.2, -0.15) is 0 Å². The minimum Gasteiger partial charge on any atom is -0.488 e. The zero-order chi connectivity index (χ0) is 44.7. The van der Waals surface area contributed by atoms with Gasteiger partial charge in [0.1, 0.15) is 30.0 Å². The molecule has 4 N–H and O–H groups in total. The first kappa shape index (κ1) is 43.5. The maximum Gasteiger partial charge on any atom is 0.407 e. The number of aromatic nitrogens is 4. The van der Waals surface area contributed by atoms with Gasteiger partial charge in [-0.15, -0.1) is 0 Å². The Kier molecular flexibility index (Phi) is 12.4. The van der Waals surface area contributed by atoms with Crippen LogP contribution >= 0.6 is 0 Å². The van der Waals surface area contributed by atoms with E-state index >= 15 is 0 Å². The fraction of sp³-hybridized carbons (Fsp3) is 0.500. The summed E-state index contributed by atoms with van der Waals surface area (Å²) in [5, 5.41) is 7.53. The van der Waals surface area contributed by atoms with Crippen LogP contribution in [0.3, 0.4) is 0 Å². The maximum atomic E-state index is 14.3. The molecule has 3 aliphatic rings. The van der Waals surface area contributed by atoms with Crippen LogP contribution in [0.25, 0.3) is 44.2 Å². The van der Waals surface area contributed by atoms with Crippen molar-refractivity contribution in [3.05, 3.63) is 65.9 Å². The summed E-state index contributed by atoms with van der Waals surface area (Å²) < 4.78 is 16.1. The number of H-pyrrole nitrogens is 2. The second kappa shape index (κ2) is 17.9. The van der Waals surface area contributed by atoms with Gasteiger partial charge in [0, 0.05) is 29.6 Å². The third kappa shape index (κ3) is 8.17. The molecule has 4 amide bonds. The summed E-state index contributed by atoms with van der Waals surface area (Å²) in [4.78, 5) is 73.4. The Morgan fingerprint density at radius 2 is 1.52 bits per heavy atom. The van der Waals surface area contributed by atoms with Gasteiger partial charge in [0.2, 0.25) is 11.8 Å². The fourth-order valence-electron chi connectivity index (χ4n) is 9.83. The van der Waals surface area contributed by atoms with Crippen LogP contribution in [0.2, 0.25) is 0 Å². The van der Waals surface area contributed by atoms with E-state index in [0.717, 1.165) is 99.9 Å². The average molecular weight is 861 g/mol. The Morgan fingerprint density at radius 1 is 0.825 bits per heavy atom. The predicted octanol–water partition coefficient (Wildman–Crippen LogP) is 8.56. The number of likely N-dealkylation sites (tertiary alicyclic amines) is 2. The Labute approximate surface area is 368 Å². The number of carbonyl (C=O) groups excluding carboxylic acids is 4. The summed E-state index contributed by atoms with van der Waals surface area (Å²) in [6, 6.07) is 13.6. The molecule has 2 unspecified atom stereocenters. The van der Waals surface area contributed by atoms with Crippen molar-refractivity contribution in [1.82, 2.24) is 40.4 Å². The van der Waals surface area contributed by atoms with E-state index in [1.807, 2.05) is 36.8 Å². The van der Waals surface area contributed by atoms with Crippen LogP contribution in [-0.4, -0.2) is 92.6 Å². The normalized spacial score (nSPS) is 21.3. The molecule has 8 atom stereocenters. The molecule has 0 spiro atoms. The highest BCUT2D eigenvalue weighted by molar-refractivity contribution is 6.07. The Morgan fingerprint density at radius 3 is 2.22 bits per heavy atom. The van der Waals surface area contributed by atoms with Crippen LogP contribution in [0.4, 0.5) is 9.59 Å². The summed E-state index contributed by atoms with van der Waals surface area (Å²) in [5.41, 5.74) is 6.66. The van der Waals surface area contributed by atoms with Crippen molar-refractivity contribution in [3.63, 3.8) is 0 Å². The van der Waals surface area contributed by atoms with Crippen molar-refractivity contribution >= 4 is 45.8 Å². The van der Waals surface area contributed by atoms with Crippen molar-refractivity contribution in [2.75, 3.05) is 20.8 Å². The van der Waals surface area contributed by atoms with Gasteiger partial charge in [-0.3, -0.25) is 9.59 Å². The summed E-state index contributed by atoms with van der Waals surface area (Å²) >= 11 is 0. The third-order valence-corrected chi connectivity index (χ3v) is 14.0. The van der Waals surface area contributed by atoms with E-state index < -0.39 is 24.1 Å². The quantitative estimate of drug-likeness (QED) is 0.0955. The predicted molar refractivity (Wildman–Crippen MR) is 240 cm³/mol. The van der Waals surface area contributed by atoms with Gasteiger partial charge in [-0.05, 0) is 97.7 Å². The van der Waals surface area contributed by atoms with E-state index in [9.17, 15) is 19.2 Å². The molecule has 5 aromatic rings. The minimum atomic E-state index is -0.704. The lowest BCUT2D eigenvalue weighted by atomic mass is 9.89. The molecule has 8 rings (SSSR count). The van der Waals surface area contributed by atoms with Gasteiger partial charge in [0.25, 0.3) is 0 Å². The Balaban J connectivity index is 1.04. The molecular weight excluding hydrogens is 801 g/mol. The van der Waals surface area contributed by atoms with Gasteiger partial charge in [0.05, 0.1) is 55.1 Å². The molecule has 2 aromatic heterocycles. The first-order chi connectivity index (χ1) is 30.3. The Bertz CT molecular complexity index is 2530.